The maximum atomic E-state index is 12.1. The smallest absolute Gasteiger partial charge is 0.273 e. The molecule has 1 amide bonds. The van der Waals surface area contributed by atoms with Gasteiger partial charge in [0, 0.05) is 32.0 Å². The first-order valence-electron chi connectivity index (χ1n) is 5.71. The van der Waals surface area contributed by atoms with Gasteiger partial charge in [-0.2, -0.15) is 0 Å². The Hall–Kier alpha value is -0.980. The molecule has 2 rings (SSSR count). The third-order valence-electron chi connectivity index (χ3n) is 2.89. The second kappa shape index (κ2) is 5.57. The molecule has 1 aromatic rings. The van der Waals surface area contributed by atoms with Crippen molar-refractivity contribution in [1.82, 2.24) is 9.88 Å². The standard InChI is InChI=1S/C11H17N3O2S/c1-16-8-3-5-14(6-8)11(15)9-7-17-10(13-9)2-4-12/h7-8H,2-6,12H2,1H3. The zero-order valence-corrected chi connectivity index (χ0v) is 10.7. The van der Waals surface area contributed by atoms with E-state index < -0.39 is 0 Å². The number of nitrogens with two attached hydrogens (primary N) is 1. The van der Waals surface area contributed by atoms with Crippen molar-refractivity contribution in [3.63, 3.8) is 0 Å². The van der Waals surface area contributed by atoms with Crippen LogP contribution >= 0.6 is 11.3 Å². The topological polar surface area (TPSA) is 68.5 Å². The number of aromatic nitrogens is 1. The molecular weight excluding hydrogens is 238 g/mol. The molecule has 1 aliphatic heterocycles. The number of rotatable bonds is 4. The number of nitrogens with zero attached hydrogens (tertiary/aromatic N) is 2. The molecular formula is C11H17N3O2S. The maximum absolute atomic E-state index is 12.1. The van der Waals surface area contributed by atoms with Gasteiger partial charge in [-0.3, -0.25) is 4.79 Å². The van der Waals surface area contributed by atoms with Crippen LogP contribution < -0.4 is 5.73 Å². The minimum Gasteiger partial charge on any atom is -0.380 e. The molecule has 0 bridgehead atoms. The molecule has 1 fully saturated rings. The maximum Gasteiger partial charge on any atom is 0.273 e. The fourth-order valence-electron chi connectivity index (χ4n) is 1.91. The van der Waals surface area contributed by atoms with Crippen molar-refractivity contribution in [2.24, 2.45) is 5.73 Å². The molecule has 1 unspecified atom stereocenters. The Morgan fingerprint density at radius 3 is 3.24 bits per heavy atom. The van der Waals surface area contributed by atoms with Crippen molar-refractivity contribution in [2.45, 2.75) is 18.9 Å². The minimum atomic E-state index is 0.00377. The van der Waals surface area contributed by atoms with Gasteiger partial charge in [0.25, 0.3) is 5.91 Å². The zero-order chi connectivity index (χ0) is 12.3. The molecule has 94 valence electrons. The summed E-state index contributed by atoms with van der Waals surface area (Å²) in [4.78, 5) is 18.2. The van der Waals surface area contributed by atoms with Crippen LogP contribution in [0.4, 0.5) is 0 Å². The van der Waals surface area contributed by atoms with E-state index in [-0.39, 0.29) is 12.0 Å². The third-order valence-corrected chi connectivity index (χ3v) is 3.80. The van der Waals surface area contributed by atoms with Gasteiger partial charge in [0.2, 0.25) is 0 Å². The van der Waals surface area contributed by atoms with Gasteiger partial charge in [0.15, 0.2) is 0 Å². The zero-order valence-electron chi connectivity index (χ0n) is 9.89. The van der Waals surface area contributed by atoms with E-state index in [0.717, 1.165) is 24.4 Å². The van der Waals surface area contributed by atoms with E-state index in [4.69, 9.17) is 10.5 Å². The summed E-state index contributed by atoms with van der Waals surface area (Å²) in [5.41, 5.74) is 6.00. The fourth-order valence-corrected chi connectivity index (χ4v) is 2.70. The predicted molar refractivity (Wildman–Crippen MR) is 66.2 cm³/mol. The highest BCUT2D eigenvalue weighted by atomic mass is 32.1. The van der Waals surface area contributed by atoms with Gasteiger partial charge >= 0.3 is 0 Å². The van der Waals surface area contributed by atoms with E-state index in [1.54, 1.807) is 12.0 Å². The summed E-state index contributed by atoms with van der Waals surface area (Å²) in [5.74, 6) is 0.00377. The molecule has 1 aliphatic rings. The molecule has 0 spiro atoms. The van der Waals surface area contributed by atoms with E-state index in [1.165, 1.54) is 11.3 Å². The normalized spacial score (nSPS) is 19.9. The van der Waals surface area contributed by atoms with Crippen LogP contribution in [0, 0.1) is 0 Å². The molecule has 0 aliphatic carbocycles. The second-order valence-electron chi connectivity index (χ2n) is 4.06. The van der Waals surface area contributed by atoms with Crippen molar-refractivity contribution < 1.29 is 9.53 Å². The first kappa shape index (κ1) is 12.5. The molecule has 17 heavy (non-hydrogen) atoms. The fraction of sp³-hybridized carbons (Fsp3) is 0.636. The number of carbonyl (C=O) groups excluding carboxylic acids is 1. The van der Waals surface area contributed by atoms with Crippen LogP contribution in [-0.2, 0) is 11.2 Å². The summed E-state index contributed by atoms with van der Waals surface area (Å²) in [7, 11) is 1.68. The Balaban J connectivity index is 1.99. The lowest BCUT2D eigenvalue weighted by atomic mass is 10.3. The van der Waals surface area contributed by atoms with Crippen molar-refractivity contribution in [3.05, 3.63) is 16.1 Å². The van der Waals surface area contributed by atoms with Crippen LogP contribution in [0.1, 0.15) is 21.9 Å². The number of thiazole rings is 1. The summed E-state index contributed by atoms with van der Waals surface area (Å²) < 4.78 is 5.24. The first-order valence-corrected chi connectivity index (χ1v) is 6.59. The second-order valence-corrected chi connectivity index (χ2v) is 5.01. The van der Waals surface area contributed by atoms with Gasteiger partial charge in [-0.25, -0.2) is 4.98 Å². The number of methoxy groups -OCH3 is 1. The van der Waals surface area contributed by atoms with Crippen LogP contribution in [0.2, 0.25) is 0 Å². The van der Waals surface area contributed by atoms with Gasteiger partial charge in [-0.1, -0.05) is 0 Å². The third kappa shape index (κ3) is 2.83. The largest absolute Gasteiger partial charge is 0.380 e. The summed E-state index contributed by atoms with van der Waals surface area (Å²) in [6.07, 6.45) is 1.81. The van der Waals surface area contributed by atoms with Crippen LogP contribution in [0.3, 0.4) is 0 Å². The van der Waals surface area contributed by atoms with Gasteiger partial charge in [0.05, 0.1) is 11.1 Å². The Kier molecular flexibility index (Phi) is 4.09. The van der Waals surface area contributed by atoms with E-state index in [9.17, 15) is 4.79 Å². The van der Waals surface area contributed by atoms with Crippen molar-refractivity contribution >= 4 is 17.2 Å². The highest BCUT2D eigenvalue weighted by molar-refractivity contribution is 7.09. The van der Waals surface area contributed by atoms with Gasteiger partial charge in [-0.05, 0) is 13.0 Å². The summed E-state index contributed by atoms with van der Waals surface area (Å²) >= 11 is 1.50. The Morgan fingerprint density at radius 1 is 1.76 bits per heavy atom. The van der Waals surface area contributed by atoms with Gasteiger partial charge in [0.1, 0.15) is 5.69 Å². The Labute approximate surface area is 105 Å². The molecule has 5 nitrogen and oxygen atoms in total. The molecule has 0 saturated carbocycles. The molecule has 0 aromatic carbocycles. The monoisotopic (exact) mass is 255 g/mol. The number of ether oxygens (including phenoxy) is 1. The van der Waals surface area contributed by atoms with E-state index >= 15 is 0 Å². The molecule has 2 N–H and O–H groups in total. The van der Waals surface area contributed by atoms with Crippen LogP contribution in [0.5, 0.6) is 0 Å². The van der Waals surface area contributed by atoms with Crippen LogP contribution in [0.25, 0.3) is 0 Å². The number of hydrogen-bond donors (Lipinski definition) is 1. The van der Waals surface area contributed by atoms with Gasteiger partial charge < -0.3 is 15.4 Å². The molecule has 0 radical (unpaired) electrons. The number of carbonyl (C=O) groups is 1. The molecule has 1 atom stereocenters. The van der Waals surface area contributed by atoms with Crippen LogP contribution in [0.15, 0.2) is 5.38 Å². The average molecular weight is 255 g/mol. The molecule has 2 heterocycles. The van der Waals surface area contributed by atoms with Crippen molar-refractivity contribution in [2.75, 3.05) is 26.7 Å². The average Bonchev–Trinajstić information content (AvgIpc) is 2.97. The lowest BCUT2D eigenvalue weighted by molar-refractivity contribution is 0.0719. The highest BCUT2D eigenvalue weighted by Crippen LogP contribution is 2.17. The predicted octanol–water partition coefficient (Wildman–Crippen LogP) is 0.505. The lowest BCUT2D eigenvalue weighted by Crippen LogP contribution is -2.30. The summed E-state index contributed by atoms with van der Waals surface area (Å²) in [6, 6.07) is 0. The van der Waals surface area contributed by atoms with Crippen LogP contribution in [-0.4, -0.2) is 48.6 Å². The van der Waals surface area contributed by atoms with E-state index in [2.05, 4.69) is 4.98 Å². The lowest BCUT2D eigenvalue weighted by Gasteiger charge is -2.14. The Bertz CT molecular complexity index is 394. The summed E-state index contributed by atoms with van der Waals surface area (Å²) in [5, 5.41) is 2.74. The molecule has 1 saturated heterocycles. The summed E-state index contributed by atoms with van der Waals surface area (Å²) in [6.45, 7) is 1.98. The number of amides is 1. The quantitative estimate of drug-likeness (QED) is 0.851. The molecule has 6 heteroatoms. The van der Waals surface area contributed by atoms with E-state index in [1.807, 2.05) is 5.38 Å². The van der Waals surface area contributed by atoms with E-state index in [0.29, 0.717) is 18.8 Å². The Morgan fingerprint density at radius 2 is 2.59 bits per heavy atom. The van der Waals surface area contributed by atoms with Crippen molar-refractivity contribution in [1.29, 1.82) is 0 Å². The number of likely N-dealkylation sites (tertiary alicyclic amines) is 1. The molecule has 1 aromatic heterocycles. The highest BCUT2D eigenvalue weighted by Gasteiger charge is 2.27. The SMILES string of the molecule is COC1CCN(C(=O)c2csc(CCN)n2)C1. The van der Waals surface area contributed by atoms with Gasteiger partial charge in [-0.15, -0.1) is 11.3 Å². The number of hydrogen-bond acceptors (Lipinski definition) is 5. The first-order chi connectivity index (χ1) is 8.24. The minimum absolute atomic E-state index is 0.00377. The van der Waals surface area contributed by atoms with Crippen molar-refractivity contribution in [3.8, 4) is 0 Å².